The van der Waals surface area contributed by atoms with Crippen LogP contribution in [0.15, 0.2) is 30.3 Å². The lowest BCUT2D eigenvalue weighted by Crippen LogP contribution is -2.47. The van der Waals surface area contributed by atoms with E-state index in [1.807, 2.05) is 18.2 Å². The largest absolute Gasteiger partial charge is 0.391 e. The molecule has 4 heteroatoms. The minimum atomic E-state index is -4.04. The number of piperidine rings is 1. The monoisotopic (exact) mass is 297 g/mol. The van der Waals surface area contributed by atoms with Gasteiger partial charge < -0.3 is 5.32 Å². The highest BCUT2D eigenvalue weighted by atomic mass is 19.4. The molecule has 3 rings (SSSR count). The van der Waals surface area contributed by atoms with Gasteiger partial charge in [-0.05, 0) is 43.2 Å². The van der Waals surface area contributed by atoms with E-state index in [4.69, 9.17) is 0 Å². The van der Waals surface area contributed by atoms with Gasteiger partial charge in [-0.25, -0.2) is 0 Å². The lowest BCUT2D eigenvalue weighted by atomic mass is 9.58. The van der Waals surface area contributed by atoms with Gasteiger partial charge in [-0.1, -0.05) is 36.8 Å². The smallest absolute Gasteiger partial charge is 0.316 e. The molecule has 1 spiro atoms. The summed E-state index contributed by atoms with van der Waals surface area (Å²) in [5.41, 5.74) is 1.01. The molecule has 0 amide bonds. The van der Waals surface area contributed by atoms with Gasteiger partial charge in [0.1, 0.15) is 0 Å². The van der Waals surface area contributed by atoms with Gasteiger partial charge in [-0.2, -0.15) is 13.2 Å². The lowest BCUT2D eigenvalue weighted by Gasteiger charge is -2.49. The van der Waals surface area contributed by atoms with Crippen molar-refractivity contribution in [2.45, 2.75) is 44.2 Å². The molecular weight excluding hydrogens is 275 g/mol. The van der Waals surface area contributed by atoms with Gasteiger partial charge >= 0.3 is 6.18 Å². The zero-order valence-corrected chi connectivity index (χ0v) is 12.1. The third kappa shape index (κ3) is 2.96. The fourth-order valence-electron chi connectivity index (χ4n) is 4.35. The minimum absolute atomic E-state index is 0.176. The third-order valence-corrected chi connectivity index (χ3v) is 5.43. The second-order valence-electron chi connectivity index (χ2n) is 6.61. The van der Waals surface area contributed by atoms with Crippen molar-refractivity contribution in [3.05, 3.63) is 35.9 Å². The van der Waals surface area contributed by atoms with Gasteiger partial charge in [0, 0.05) is 12.5 Å². The zero-order chi connectivity index (χ0) is 14.9. The van der Waals surface area contributed by atoms with Gasteiger partial charge in [0.25, 0.3) is 0 Å². The number of alkyl halides is 3. The first-order valence-electron chi connectivity index (χ1n) is 7.84. The summed E-state index contributed by atoms with van der Waals surface area (Å²) in [7, 11) is 0. The van der Waals surface area contributed by atoms with Crippen molar-refractivity contribution in [3.63, 3.8) is 0 Å². The fraction of sp³-hybridized carbons (Fsp3) is 0.647. The summed E-state index contributed by atoms with van der Waals surface area (Å²) < 4.78 is 39.6. The van der Waals surface area contributed by atoms with Crippen LogP contribution >= 0.6 is 0 Å². The van der Waals surface area contributed by atoms with Crippen LogP contribution in [0.2, 0.25) is 0 Å². The molecule has 116 valence electrons. The summed E-state index contributed by atoms with van der Waals surface area (Å²) in [5.74, 6) is -0.909. The second kappa shape index (κ2) is 5.64. The van der Waals surface area contributed by atoms with Crippen LogP contribution in [0, 0.1) is 11.3 Å². The van der Waals surface area contributed by atoms with Gasteiger partial charge in [0.2, 0.25) is 0 Å². The van der Waals surface area contributed by atoms with Crippen LogP contribution in [0.25, 0.3) is 0 Å². The van der Waals surface area contributed by atoms with Crippen LogP contribution in [0.1, 0.15) is 43.6 Å². The molecule has 0 radical (unpaired) electrons. The quantitative estimate of drug-likeness (QED) is 0.804. The Morgan fingerprint density at radius 1 is 1.10 bits per heavy atom. The van der Waals surface area contributed by atoms with E-state index in [-0.39, 0.29) is 11.3 Å². The van der Waals surface area contributed by atoms with Crippen LogP contribution in [0.5, 0.6) is 0 Å². The van der Waals surface area contributed by atoms with E-state index in [1.54, 1.807) is 0 Å². The molecule has 0 aromatic heterocycles. The van der Waals surface area contributed by atoms with Crippen molar-refractivity contribution in [2.24, 2.45) is 11.3 Å². The average Bonchev–Trinajstić information content (AvgIpc) is 2.48. The number of hydrogen-bond donors (Lipinski definition) is 1. The molecule has 1 nitrogen and oxygen atoms in total. The lowest BCUT2D eigenvalue weighted by molar-refractivity contribution is -0.195. The Morgan fingerprint density at radius 2 is 1.86 bits per heavy atom. The number of rotatable bonds is 1. The number of halogens is 3. The van der Waals surface area contributed by atoms with Gasteiger partial charge in [0.05, 0.1) is 5.92 Å². The Hall–Kier alpha value is -1.03. The van der Waals surface area contributed by atoms with Crippen molar-refractivity contribution in [1.82, 2.24) is 5.32 Å². The molecule has 21 heavy (non-hydrogen) atoms. The topological polar surface area (TPSA) is 12.0 Å². The average molecular weight is 297 g/mol. The molecule has 1 heterocycles. The van der Waals surface area contributed by atoms with Gasteiger partial charge in [0.15, 0.2) is 0 Å². The highest BCUT2D eigenvalue weighted by Gasteiger charge is 2.51. The number of hydrogen-bond acceptors (Lipinski definition) is 1. The Balaban J connectivity index is 1.89. The maximum absolute atomic E-state index is 13.2. The van der Waals surface area contributed by atoms with Gasteiger partial charge in [-0.15, -0.1) is 0 Å². The molecule has 2 aliphatic rings. The van der Waals surface area contributed by atoms with E-state index in [0.717, 1.165) is 25.9 Å². The normalized spacial score (nSPS) is 34.0. The van der Waals surface area contributed by atoms with E-state index in [0.29, 0.717) is 19.3 Å². The third-order valence-electron chi connectivity index (χ3n) is 5.43. The van der Waals surface area contributed by atoms with E-state index in [2.05, 4.69) is 17.4 Å². The minimum Gasteiger partial charge on any atom is -0.316 e. The van der Waals surface area contributed by atoms with Gasteiger partial charge in [-0.3, -0.25) is 0 Å². The predicted octanol–water partition coefficient (Wildman–Crippen LogP) is 4.50. The molecule has 1 N–H and O–H groups in total. The molecule has 1 aliphatic carbocycles. The molecule has 1 aromatic carbocycles. The van der Waals surface area contributed by atoms with E-state index >= 15 is 0 Å². The summed E-state index contributed by atoms with van der Waals surface area (Å²) in [6, 6.07) is 10.1. The second-order valence-corrected chi connectivity index (χ2v) is 6.61. The predicted molar refractivity (Wildman–Crippen MR) is 77.1 cm³/mol. The number of nitrogens with one attached hydrogen (secondary N) is 1. The highest BCUT2D eigenvalue weighted by molar-refractivity contribution is 5.24. The molecule has 1 saturated carbocycles. The Morgan fingerprint density at radius 3 is 2.57 bits per heavy atom. The molecule has 3 unspecified atom stereocenters. The molecule has 0 bridgehead atoms. The molecule has 2 fully saturated rings. The summed E-state index contributed by atoms with van der Waals surface area (Å²) in [5, 5.41) is 3.38. The maximum atomic E-state index is 13.2. The molecule has 1 saturated heterocycles. The highest BCUT2D eigenvalue weighted by Crippen LogP contribution is 2.55. The summed E-state index contributed by atoms with van der Waals surface area (Å²) in [4.78, 5) is 0. The van der Waals surface area contributed by atoms with E-state index < -0.39 is 12.1 Å². The standard InChI is InChI=1S/C17H22F3N/c18-17(19,20)14-7-4-8-16(11-14)9-10-21-12-15(16)13-5-2-1-3-6-13/h1-3,5-6,14-15,21H,4,7-12H2. The van der Waals surface area contributed by atoms with Crippen LogP contribution in [0.3, 0.4) is 0 Å². The van der Waals surface area contributed by atoms with Crippen LogP contribution in [-0.2, 0) is 0 Å². The summed E-state index contributed by atoms with van der Waals surface area (Å²) >= 11 is 0. The molecule has 1 aliphatic heterocycles. The first kappa shape index (κ1) is 14.9. The Bertz CT molecular complexity index is 467. The van der Waals surface area contributed by atoms with E-state index in [1.165, 1.54) is 5.56 Å². The first-order chi connectivity index (χ1) is 10.0. The fourth-order valence-corrected chi connectivity index (χ4v) is 4.35. The van der Waals surface area contributed by atoms with E-state index in [9.17, 15) is 13.2 Å². The Labute approximate surface area is 123 Å². The zero-order valence-electron chi connectivity index (χ0n) is 12.1. The van der Waals surface area contributed by atoms with Crippen molar-refractivity contribution >= 4 is 0 Å². The molecule has 1 aromatic rings. The Kier molecular flexibility index (Phi) is 4.00. The maximum Gasteiger partial charge on any atom is 0.391 e. The van der Waals surface area contributed by atoms with Crippen molar-refractivity contribution in [3.8, 4) is 0 Å². The van der Waals surface area contributed by atoms with Crippen molar-refractivity contribution in [1.29, 1.82) is 0 Å². The molecule has 3 atom stereocenters. The summed E-state index contributed by atoms with van der Waals surface area (Å²) in [6.07, 6.45) is -0.940. The SMILES string of the molecule is FC(F)(F)C1CCCC2(CCNCC2c2ccccc2)C1. The first-order valence-corrected chi connectivity index (χ1v) is 7.84. The molecular formula is C17H22F3N. The van der Waals surface area contributed by atoms with Crippen LogP contribution in [-0.4, -0.2) is 19.3 Å². The van der Waals surface area contributed by atoms with Crippen molar-refractivity contribution in [2.75, 3.05) is 13.1 Å². The van der Waals surface area contributed by atoms with Crippen molar-refractivity contribution < 1.29 is 13.2 Å². The van der Waals surface area contributed by atoms with Crippen LogP contribution in [0.4, 0.5) is 13.2 Å². The van der Waals surface area contributed by atoms with Crippen LogP contribution < -0.4 is 5.32 Å². The number of benzene rings is 1. The summed E-state index contributed by atoms with van der Waals surface area (Å²) in [6.45, 7) is 1.64.